The van der Waals surface area contributed by atoms with Crippen LogP contribution in [0.4, 0.5) is 0 Å². The topological polar surface area (TPSA) is 53.8 Å². The van der Waals surface area contributed by atoms with Gasteiger partial charge in [-0.2, -0.15) is 0 Å². The molecule has 0 aliphatic rings. The summed E-state index contributed by atoms with van der Waals surface area (Å²) in [4.78, 5) is 0.389. The second-order valence-corrected chi connectivity index (χ2v) is 0.806. The third-order valence-electron chi connectivity index (χ3n) is 0.401. The van der Waals surface area contributed by atoms with Gasteiger partial charge in [-0.1, -0.05) is 5.21 Å². The normalized spacial score (nSPS) is 8.67. The van der Waals surface area contributed by atoms with Crippen molar-refractivity contribution in [3.05, 3.63) is 17.6 Å². The predicted octanol–water partition coefficient (Wildman–Crippen LogP) is -0.376. The van der Waals surface area contributed by atoms with Gasteiger partial charge in [-0.25, -0.2) is 0 Å². The molecule has 0 fully saturated rings. The highest BCUT2D eigenvalue weighted by atomic mass is 16.5. The Morgan fingerprint density at radius 3 is 2.67 bits per heavy atom. The summed E-state index contributed by atoms with van der Waals surface area (Å²) in [7, 11) is 0. The van der Waals surface area contributed by atoms with Crippen LogP contribution in [0.2, 0.25) is 0 Å². The van der Waals surface area contributed by atoms with Crippen molar-refractivity contribution in [2.45, 2.75) is 0 Å². The molecule has 32 valence electrons. The zero-order valence-electron chi connectivity index (χ0n) is 2.90. The molecule has 0 radical (unpaired) electrons. The molecule has 0 saturated heterocycles. The highest BCUT2D eigenvalue weighted by Gasteiger charge is 1.65. The van der Waals surface area contributed by atoms with Crippen molar-refractivity contribution in [3.8, 4) is 0 Å². The maximum atomic E-state index is 9.81. The van der Waals surface area contributed by atoms with Crippen LogP contribution in [0.5, 0.6) is 0 Å². The van der Waals surface area contributed by atoms with Crippen LogP contribution >= 0.6 is 0 Å². The molecule has 0 bridgehead atoms. The highest BCUT2D eigenvalue weighted by Crippen LogP contribution is 1.67. The SMILES string of the molecule is [O-]n1ccnn1. The zero-order valence-corrected chi connectivity index (χ0v) is 2.90. The van der Waals surface area contributed by atoms with Gasteiger partial charge < -0.3 is 5.21 Å². The van der Waals surface area contributed by atoms with Gasteiger partial charge in [-0.15, -0.1) is 5.10 Å². The molecule has 0 aliphatic carbocycles. The van der Waals surface area contributed by atoms with E-state index in [9.17, 15) is 5.21 Å². The quantitative estimate of drug-likeness (QED) is 0.430. The Morgan fingerprint density at radius 2 is 2.50 bits per heavy atom. The molecule has 0 atom stereocenters. The summed E-state index contributed by atoms with van der Waals surface area (Å²) in [6.07, 6.45) is 2.55. The molecule has 0 aromatic carbocycles. The van der Waals surface area contributed by atoms with Crippen molar-refractivity contribution in [2.24, 2.45) is 0 Å². The molecule has 1 heterocycles. The minimum Gasteiger partial charge on any atom is -0.789 e. The molecule has 0 saturated carbocycles. The van der Waals surface area contributed by atoms with E-state index in [1.54, 1.807) is 0 Å². The van der Waals surface area contributed by atoms with Gasteiger partial charge in [-0.3, -0.25) is 4.85 Å². The van der Waals surface area contributed by atoms with Crippen molar-refractivity contribution < 1.29 is 0 Å². The Kier molecular flexibility index (Phi) is 0.506. The van der Waals surface area contributed by atoms with Gasteiger partial charge in [-0.05, 0) is 0 Å². The third-order valence-corrected chi connectivity index (χ3v) is 0.401. The van der Waals surface area contributed by atoms with E-state index in [0.29, 0.717) is 4.85 Å². The molecule has 1 rings (SSSR count). The van der Waals surface area contributed by atoms with E-state index >= 15 is 0 Å². The fourth-order valence-electron chi connectivity index (χ4n) is 0.197. The lowest BCUT2D eigenvalue weighted by atomic mass is 11.0. The van der Waals surface area contributed by atoms with Crippen molar-refractivity contribution in [1.82, 2.24) is 15.2 Å². The van der Waals surface area contributed by atoms with E-state index in [2.05, 4.69) is 10.3 Å². The number of nitrogens with zero attached hydrogens (tertiary/aromatic N) is 3. The lowest BCUT2D eigenvalue weighted by Gasteiger charge is -1.94. The van der Waals surface area contributed by atoms with Gasteiger partial charge in [0.15, 0.2) is 0 Å². The van der Waals surface area contributed by atoms with Gasteiger partial charge in [0.2, 0.25) is 0 Å². The van der Waals surface area contributed by atoms with E-state index in [1.165, 1.54) is 12.4 Å². The minimum atomic E-state index is 0.389. The number of hydrogen-bond acceptors (Lipinski definition) is 3. The van der Waals surface area contributed by atoms with Crippen LogP contribution in [0, 0.1) is 5.21 Å². The Bertz CT molecular complexity index is 112. The van der Waals surface area contributed by atoms with Crippen molar-refractivity contribution in [3.63, 3.8) is 0 Å². The van der Waals surface area contributed by atoms with Crippen LogP contribution in [0.15, 0.2) is 12.4 Å². The highest BCUT2D eigenvalue weighted by molar-refractivity contribution is 4.64. The molecule has 1 aromatic heterocycles. The van der Waals surface area contributed by atoms with Crippen molar-refractivity contribution in [2.75, 3.05) is 0 Å². The monoisotopic (exact) mass is 84.0 g/mol. The van der Waals surface area contributed by atoms with Crippen LogP contribution in [0.25, 0.3) is 0 Å². The average molecular weight is 84.1 g/mol. The van der Waals surface area contributed by atoms with Gasteiger partial charge in [0.25, 0.3) is 0 Å². The van der Waals surface area contributed by atoms with Crippen LogP contribution in [0.1, 0.15) is 0 Å². The Balaban J connectivity index is 3.05. The molecule has 4 heteroatoms. The minimum absolute atomic E-state index is 0.389. The summed E-state index contributed by atoms with van der Waals surface area (Å²) in [5.41, 5.74) is 0. The number of aromatic nitrogens is 3. The molecular formula is C2H2N3O-. The fraction of sp³-hybridized carbons (Fsp3) is 0. The Hall–Kier alpha value is -1.06. The molecule has 4 nitrogen and oxygen atoms in total. The maximum Gasteiger partial charge on any atom is 0.0689 e. The van der Waals surface area contributed by atoms with E-state index in [1.807, 2.05) is 0 Å². The first-order chi connectivity index (χ1) is 2.89. The van der Waals surface area contributed by atoms with E-state index < -0.39 is 0 Å². The first-order valence-electron chi connectivity index (χ1n) is 1.43. The third kappa shape index (κ3) is 0.314. The smallest absolute Gasteiger partial charge is 0.0689 e. The molecule has 1 aromatic rings. The summed E-state index contributed by atoms with van der Waals surface area (Å²) < 4.78 is 0. The second-order valence-electron chi connectivity index (χ2n) is 0.806. The molecule has 0 amide bonds. The molecule has 0 unspecified atom stereocenters. The lowest BCUT2D eigenvalue weighted by Crippen LogP contribution is -1.83. The average Bonchev–Trinajstić information content (AvgIpc) is 1.86. The van der Waals surface area contributed by atoms with E-state index in [-0.39, 0.29) is 0 Å². The van der Waals surface area contributed by atoms with Gasteiger partial charge in [0.1, 0.15) is 0 Å². The van der Waals surface area contributed by atoms with Gasteiger partial charge in [0.05, 0.1) is 6.20 Å². The summed E-state index contributed by atoms with van der Waals surface area (Å²) in [5, 5.41) is 16.1. The Labute approximate surface area is 34.0 Å². The van der Waals surface area contributed by atoms with Crippen LogP contribution in [-0.4, -0.2) is 15.2 Å². The van der Waals surface area contributed by atoms with E-state index in [4.69, 9.17) is 0 Å². The predicted molar refractivity (Wildman–Crippen MR) is 18.8 cm³/mol. The largest absolute Gasteiger partial charge is 0.789 e. The number of rotatable bonds is 0. The number of hydrogen-bond donors (Lipinski definition) is 0. The van der Waals surface area contributed by atoms with Crippen molar-refractivity contribution >= 4 is 0 Å². The first-order valence-corrected chi connectivity index (χ1v) is 1.43. The zero-order chi connectivity index (χ0) is 4.41. The summed E-state index contributed by atoms with van der Waals surface area (Å²) in [6.45, 7) is 0. The standard InChI is InChI=1S/C2H2N3O/c6-5-2-1-3-4-5/h1-2H/q-1. The molecule has 6 heavy (non-hydrogen) atoms. The van der Waals surface area contributed by atoms with Crippen molar-refractivity contribution in [1.29, 1.82) is 0 Å². The molecule has 0 spiro atoms. The summed E-state index contributed by atoms with van der Waals surface area (Å²) >= 11 is 0. The Morgan fingerprint density at radius 1 is 1.67 bits per heavy atom. The summed E-state index contributed by atoms with van der Waals surface area (Å²) in [6, 6.07) is 0. The van der Waals surface area contributed by atoms with Crippen LogP contribution < -0.4 is 0 Å². The van der Waals surface area contributed by atoms with Crippen LogP contribution in [0.3, 0.4) is 0 Å². The van der Waals surface area contributed by atoms with E-state index in [0.717, 1.165) is 0 Å². The van der Waals surface area contributed by atoms with Crippen LogP contribution in [-0.2, 0) is 0 Å². The second kappa shape index (κ2) is 0.965. The fourth-order valence-corrected chi connectivity index (χ4v) is 0.197. The van der Waals surface area contributed by atoms with Gasteiger partial charge >= 0.3 is 0 Å². The summed E-state index contributed by atoms with van der Waals surface area (Å²) in [5.74, 6) is 0. The molecular weight excluding hydrogens is 82.0 g/mol. The first kappa shape index (κ1) is 3.14. The lowest BCUT2D eigenvalue weighted by molar-refractivity contribution is 0.807. The maximum absolute atomic E-state index is 9.81. The molecule has 0 N–H and O–H groups in total. The van der Waals surface area contributed by atoms with Gasteiger partial charge in [0, 0.05) is 6.20 Å². The molecule has 0 aliphatic heterocycles.